The van der Waals surface area contributed by atoms with Crippen molar-refractivity contribution in [3.05, 3.63) is 312 Å². The molecule has 14 aromatic carbocycles. The number of halogens is 2. The van der Waals surface area contributed by atoms with Crippen LogP contribution < -0.4 is 31.8 Å². The summed E-state index contributed by atoms with van der Waals surface area (Å²) in [5.41, 5.74) is 8.70. The molecule has 2 heterocycles. The Labute approximate surface area is 526 Å². The van der Waals surface area contributed by atoms with Crippen molar-refractivity contribution in [2.45, 2.75) is 0 Å². The number of hydrogen-bond donors (Lipinski definition) is 0. The van der Waals surface area contributed by atoms with Gasteiger partial charge in [-0.1, -0.05) is 322 Å². The molecule has 0 bridgehead atoms. The van der Waals surface area contributed by atoms with E-state index in [9.17, 15) is 0 Å². The van der Waals surface area contributed by atoms with Gasteiger partial charge >= 0.3 is 0 Å². The third kappa shape index (κ3) is 9.43. The highest BCUT2D eigenvalue weighted by atomic mass is 79.9. The molecule has 0 unspecified atom stereocenters. The number of nitrogens with zero attached hydrogens (tertiary/aromatic N) is 2. The fraction of sp³-hybridized carbons (Fsp3) is 0. The lowest BCUT2D eigenvalue weighted by Gasteiger charge is -2.29. The molecule has 0 saturated carbocycles. The molecule has 0 saturated heterocycles. The average molecular weight is 1300 g/mol. The standard InChI is InChI=1S/C51H35NP2S2.C27H15Br2N/c55-53(39-19-5-1-6-20-39,40-21-7-2-8-22-40)43-33-38(34-44(35-43)54(56,41-23-9-3-10-24-41)42-25-11-4-12-26-42)49-47-31-29-36-17-13-15-27-45(36)50(47)52-51-46-28-16-14-18-37(46)30-32-48(49)51;28-19-13-18(14-20(29)15-19)25-23-11-9-16-5-1-3-7-21(16)26(23)30-27-22-8-4-2-6-17(22)10-12-24(25)27/h1-35H;1-15H. The van der Waals surface area contributed by atoms with E-state index in [0.717, 1.165) is 95.5 Å². The van der Waals surface area contributed by atoms with Crippen LogP contribution in [0, 0.1) is 0 Å². The fourth-order valence-corrected chi connectivity index (χ4v) is 21.6. The number of benzene rings is 14. The number of fused-ring (bicyclic) bond motifs is 12. The maximum Gasteiger partial charge on any atom is 0.0794 e. The number of hydrogen-bond acceptors (Lipinski definition) is 4. The van der Waals surface area contributed by atoms with Crippen molar-refractivity contribution in [1.82, 2.24) is 9.97 Å². The molecule has 16 aromatic rings. The summed E-state index contributed by atoms with van der Waals surface area (Å²) in [5.74, 6) is 0. The van der Waals surface area contributed by atoms with Gasteiger partial charge in [-0.25, -0.2) is 9.97 Å². The summed E-state index contributed by atoms with van der Waals surface area (Å²) < 4.78 is 2.10. The van der Waals surface area contributed by atoms with E-state index in [2.05, 4.69) is 335 Å². The van der Waals surface area contributed by atoms with Crippen LogP contribution in [0.2, 0.25) is 0 Å². The largest absolute Gasteiger partial charge is 0.246 e. The normalized spacial score (nSPS) is 11.9. The van der Waals surface area contributed by atoms with Crippen LogP contribution >= 0.6 is 43.9 Å². The van der Waals surface area contributed by atoms with Crippen molar-refractivity contribution < 1.29 is 0 Å². The maximum atomic E-state index is 7.12. The molecule has 2 nitrogen and oxygen atoms in total. The van der Waals surface area contributed by atoms with Gasteiger partial charge in [-0.2, -0.15) is 0 Å². The van der Waals surface area contributed by atoms with Crippen LogP contribution in [-0.2, 0) is 23.6 Å². The molecule has 16 rings (SSSR count). The molecule has 0 amide bonds. The van der Waals surface area contributed by atoms with Crippen LogP contribution in [0.1, 0.15) is 0 Å². The van der Waals surface area contributed by atoms with E-state index in [1.807, 2.05) is 0 Å². The van der Waals surface area contributed by atoms with E-state index >= 15 is 0 Å². The average Bonchev–Trinajstić information content (AvgIpc) is 0.983. The SMILES string of the molecule is Brc1cc(Br)cc(-c2c3ccc4ccccc4c3nc3c2ccc2ccccc23)c1.S=P(c1ccccc1)(c1ccccc1)c1cc(-c2c3ccc4ccccc4c3nc3c2ccc2ccccc23)cc(P(=S)(c2ccccc2)c2ccccc2)c1. The van der Waals surface area contributed by atoms with E-state index in [1.54, 1.807) is 0 Å². The molecule has 0 radical (unpaired) electrons. The Morgan fingerprint density at radius 1 is 0.233 bits per heavy atom. The summed E-state index contributed by atoms with van der Waals surface area (Å²) in [6.45, 7) is 0. The highest BCUT2D eigenvalue weighted by Gasteiger charge is 2.32. The molecule has 2 aromatic heterocycles. The minimum Gasteiger partial charge on any atom is -0.246 e. The first-order chi connectivity index (χ1) is 42.2. The van der Waals surface area contributed by atoms with Crippen molar-refractivity contribution in [3.63, 3.8) is 0 Å². The number of pyridine rings is 2. The van der Waals surface area contributed by atoms with Gasteiger partial charge in [0, 0.05) is 75.2 Å². The lowest BCUT2D eigenvalue weighted by Crippen LogP contribution is -2.30. The molecule has 0 N–H and O–H groups in total. The molecular formula is C78H50Br2N2P2S2. The third-order valence-electron chi connectivity index (χ3n) is 16.7. The quantitative estimate of drug-likeness (QED) is 0.0860. The first-order valence-electron chi connectivity index (χ1n) is 28.5. The van der Waals surface area contributed by atoms with Crippen molar-refractivity contribution >= 4 is 186 Å². The number of rotatable bonds is 8. The molecule has 86 heavy (non-hydrogen) atoms. The minimum absolute atomic E-state index is 0.991. The second kappa shape index (κ2) is 22.5. The van der Waals surface area contributed by atoms with Gasteiger partial charge in [0.15, 0.2) is 0 Å². The summed E-state index contributed by atoms with van der Waals surface area (Å²) in [6, 6.07) is 103. The summed E-state index contributed by atoms with van der Waals surface area (Å²) in [4.78, 5) is 10.8. The predicted octanol–water partition coefficient (Wildman–Crippen LogP) is 19.8. The molecule has 0 aliphatic heterocycles. The molecule has 0 fully saturated rings. The Bertz CT molecular complexity index is 5040. The Balaban J connectivity index is 0.000000174. The Hall–Kier alpha value is -8.28. The molecule has 0 aliphatic rings. The maximum absolute atomic E-state index is 7.12. The Morgan fingerprint density at radius 2 is 0.488 bits per heavy atom. The van der Waals surface area contributed by atoms with Crippen molar-refractivity contribution in [3.8, 4) is 22.3 Å². The van der Waals surface area contributed by atoms with E-state index in [0.29, 0.717) is 0 Å². The zero-order valence-electron chi connectivity index (χ0n) is 46.2. The van der Waals surface area contributed by atoms with E-state index in [1.165, 1.54) is 54.2 Å². The zero-order chi connectivity index (χ0) is 57.9. The number of aromatic nitrogens is 2. The highest BCUT2D eigenvalue weighted by Crippen LogP contribution is 2.50. The van der Waals surface area contributed by atoms with Crippen LogP contribution in [-0.4, -0.2) is 9.97 Å². The fourth-order valence-electron chi connectivity index (χ4n) is 12.7. The summed E-state index contributed by atoms with van der Waals surface area (Å²) in [7, 11) is 0. The van der Waals surface area contributed by atoms with E-state index in [4.69, 9.17) is 33.6 Å². The second-order valence-electron chi connectivity index (χ2n) is 21.7. The predicted molar refractivity (Wildman–Crippen MR) is 387 cm³/mol. The summed E-state index contributed by atoms with van der Waals surface area (Å²) in [5, 5.41) is 20.8. The molecule has 0 spiro atoms. The van der Waals surface area contributed by atoms with Crippen molar-refractivity contribution in [1.29, 1.82) is 0 Å². The van der Waals surface area contributed by atoms with Crippen molar-refractivity contribution in [2.24, 2.45) is 0 Å². The smallest absolute Gasteiger partial charge is 0.0794 e. The molecular weight excluding hydrogens is 1250 g/mol. The van der Waals surface area contributed by atoms with Gasteiger partial charge in [0.2, 0.25) is 0 Å². The first kappa shape index (κ1) is 54.4. The topological polar surface area (TPSA) is 25.8 Å². The monoisotopic (exact) mass is 1300 g/mol. The van der Waals surface area contributed by atoms with Crippen LogP contribution in [0.3, 0.4) is 0 Å². The van der Waals surface area contributed by atoms with Crippen LogP contribution in [0.25, 0.3) is 109 Å². The van der Waals surface area contributed by atoms with E-state index in [-0.39, 0.29) is 0 Å². The van der Waals surface area contributed by atoms with Gasteiger partial charge < -0.3 is 0 Å². The van der Waals surface area contributed by atoms with Crippen LogP contribution in [0.4, 0.5) is 0 Å². The molecule has 0 aliphatic carbocycles. The first-order valence-corrected chi connectivity index (χ1v) is 35.7. The van der Waals surface area contributed by atoms with Gasteiger partial charge in [0.25, 0.3) is 0 Å². The zero-order valence-corrected chi connectivity index (χ0v) is 52.8. The summed E-state index contributed by atoms with van der Waals surface area (Å²) in [6.07, 6.45) is 0. The second-order valence-corrected chi connectivity index (χ2v) is 32.3. The molecule has 408 valence electrons. The Morgan fingerprint density at radius 3 is 0.779 bits per heavy atom. The lowest BCUT2D eigenvalue weighted by molar-refractivity contribution is 1.52. The lowest BCUT2D eigenvalue weighted by atomic mass is 9.92. The molecule has 8 heteroatoms. The Kier molecular flexibility index (Phi) is 14.2. The van der Waals surface area contributed by atoms with Gasteiger partial charge in [-0.05, 0) is 101 Å². The van der Waals surface area contributed by atoms with Gasteiger partial charge in [-0.3, -0.25) is 0 Å². The van der Waals surface area contributed by atoms with Crippen LogP contribution in [0.5, 0.6) is 0 Å². The minimum atomic E-state index is -2.61. The summed E-state index contributed by atoms with van der Waals surface area (Å²) >= 11 is 21.6. The van der Waals surface area contributed by atoms with Crippen molar-refractivity contribution in [2.75, 3.05) is 0 Å². The van der Waals surface area contributed by atoms with Gasteiger partial charge in [-0.15, -0.1) is 0 Å². The third-order valence-corrected chi connectivity index (χ3v) is 27.5. The van der Waals surface area contributed by atoms with Gasteiger partial charge in [0.1, 0.15) is 0 Å². The molecule has 0 atom stereocenters. The van der Waals surface area contributed by atoms with Gasteiger partial charge in [0.05, 0.1) is 22.1 Å². The highest BCUT2D eigenvalue weighted by molar-refractivity contribution is 9.11. The van der Waals surface area contributed by atoms with Crippen LogP contribution in [0.15, 0.2) is 312 Å². The van der Waals surface area contributed by atoms with E-state index < -0.39 is 12.1 Å².